The molecule has 0 aliphatic rings. The minimum absolute atomic E-state index is 0.636. The van der Waals surface area contributed by atoms with E-state index in [4.69, 9.17) is 0 Å². The van der Waals surface area contributed by atoms with Crippen molar-refractivity contribution in [2.75, 3.05) is 0 Å². The molecule has 0 saturated heterocycles. The van der Waals surface area contributed by atoms with Crippen molar-refractivity contribution in [3.8, 4) is 11.3 Å². The summed E-state index contributed by atoms with van der Waals surface area (Å²) in [6.45, 7) is 7.54. The van der Waals surface area contributed by atoms with Crippen molar-refractivity contribution in [1.82, 2.24) is 10.2 Å². The van der Waals surface area contributed by atoms with E-state index < -0.39 is 0 Å². The molecule has 1 aromatic carbocycles. The fourth-order valence-electron chi connectivity index (χ4n) is 2.05. The molecule has 0 aliphatic heterocycles. The van der Waals surface area contributed by atoms with E-state index in [1.165, 1.54) is 5.57 Å². The Morgan fingerprint density at radius 3 is 2.68 bits per heavy atom. The second kappa shape index (κ2) is 7.41. The lowest BCUT2D eigenvalue weighted by Crippen LogP contribution is -1.96. The van der Waals surface area contributed by atoms with Crippen LogP contribution in [0.15, 0.2) is 52.7 Å². The van der Waals surface area contributed by atoms with Gasteiger partial charge in [0.15, 0.2) is 0 Å². The predicted molar refractivity (Wildman–Crippen MR) is 89.1 cm³/mol. The summed E-state index contributed by atoms with van der Waals surface area (Å²) >= 11 is 0. The van der Waals surface area contributed by atoms with Crippen molar-refractivity contribution >= 4 is 13.0 Å². The third kappa shape index (κ3) is 3.95. The molecular formula is C18H19N3O. The average Bonchev–Trinajstić information content (AvgIpc) is 2.59. The molecule has 0 spiro atoms. The molecule has 0 bridgehead atoms. The van der Waals surface area contributed by atoms with Gasteiger partial charge in [0.25, 0.3) is 0 Å². The smallest absolute Gasteiger partial charge is 0.150 e. The molecule has 112 valence electrons. The molecule has 4 heteroatoms. The highest BCUT2D eigenvalue weighted by Gasteiger charge is 2.03. The Bertz CT molecular complexity index is 703. The van der Waals surface area contributed by atoms with Gasteiger partial charge in [-0.05, 0) is 51.6 Å². The van der Waals surface area contributed by atoms with E-state index in [1.54, 1.807) is 6.07 Å². The van der Waals surface area contributed by atoms with Crippen LogP contribution in [0.1, 0.15) is 36.3 Å². The zero-order chi connectivity index (χ0) is 15.9. The van der Waals surface area contributed by atoms with Crippen molar-refractivity contribution in [1.29, 1.82) is 0 Å². The first-order valence-electron chi connectivity index (χ1n) is 7.15. The number of hydrogen-bond acceptors (Lipinski definition) is 4. The Hall–Kier alpha value is -2.62. The van der Waals surface area contributed by atoms with Crippen LogP contribution in [-0.2, 0) is 6.42 Å². The zero-order valence-electron chi connectivity index (χ0n) is 12.9. The van der Waals surface area contributed by atoms with Gasteiger partial charge in [0.2, 0.25) is 0 Å². The van der Waals surface area contributed by atoms with Crippen LogP contribution in [0.2, 0.25) is 0 Å². The SMILES string of the molecule is C=N/C(C)=C(\C)CCc1ccc(-c2cccc(C=O)c2)nn1. The minimum Gasteiger partial charge on any atom is -0.298 e. The molecule has 2 rings (SSSR count). The number of aliphatic imine (C=N–C) groups is 1. The first-order chi connectivity index (χ1) is 10.6. The van der Waals surface area contributed by atoms with E-state index in [0.29, 0.717) is 5.56 Å². The molecule has 22 heavy (non-hydrogen) atoms. The summed E-state index contributed by atoms with van der Waals surface area (Å²) in [5, 5.41) is 8.51. The Morgan fingerprint density at radius 2 is 2.05 bits per heavy atom. The lowest BCUT2D eigenvalue weighted by Gasteiger charge is -2.05. The summed E-state index contributed by atoms with van der Waals surface area (Å²) in [6, 6.07) is 11.2. The fraction of sp³-hybridized carbons (Fsp3) is 0.222. The monoisotopic (exact) mass is 293 g/mol. The number of hydrogen-bond donors (Lipinski definition) is 0. The van der Waals surface area contributed by atoms with Crippen molar-refractivity contribution < 1.29 is 4.79 Å². The van der Waals surface area contributed by atoms with Crippen LogP contribution in [0, 0.1) is 0 Å². The summed E-state index contributed by atoms with van der Waals surface area (Å²) in [7, 11) is 0. The quantitative estimate of drug-likeness (QED) is 0.600. The molecule has 0 atom stereocenters. The maximum absolute atomic E-state index is 10.8. The summed E-state index contributed by atoms with van der Waals surface area (Å²) in [5.41, 5.74) is 5.41. The lowest BCUT2D eigenvalue weighted by atomic mass is 10.1. The van der Waals surface area contributed by atoms with Gasteiger partial charge in [-0.1, -0.05) is 23.8 Å². The molecule has 0 amide bonds. The van der Waals surface area contributed by atoms with Crippen LogP contribution >= 0.6 is 0 Å². The molecule has 0 fully saturated rings. The van der Waals surface area contributed by atoms with E-state index in [0.717, 1.165) is 41.8 Å². The van der Waals surface area contributed by atoms with Gasteiger partial charge in [-0.15, -0.1) is 0 Å². The average molecular weight is 293 g/mol. The van der Waals surface area contributed by atoms with Gasteiger partial charge < -0.3 is 0 Å². The van der Waals surface area contributed by atoms with Crippen molar-refractivity contribution in [3.05, 3.63) is 58.9 Å². The number of rotatable bonds is 6. The van der Waals surface area contributed by atoms with Crippen LogP contribution in [-0.4, -0.2) is 23.2 Å². The molecule has 0 N–H and O–H groups in total. The summed E-state index contributed by atoms with van der Waals surface area (Å²) in [6.07, 6.45) is 2.54. The van der Waals surface area contributed by atoms with Gasteiger partial charge >= 0.3 is 0 Å². The van der Waals surface area contributed by atoms with Gasteiger partial charge in [-0.25, -0.2) is 0 Å². The van der Waals surface area contributed by atoms with Crippen LogP contribution in [0.3, 0.4) is 0 Å². The third-order valence-electron chi connectivity index (χ3n) is 3.65. The Morgan fingerprint density at radius 1 is 1.23 bits per heavy atom. The highest BCUT2D eigenvalue weighted by Crippen LogP contribution is 2.18. The Balaban J connectivity index is 2.10. The number of aromatic nitrogens is 2. The normalized spacial score (nSPS) is 11.7. The van der Waals surface area contributed by atoms with Crippen molar-refractivity contribution in [3.63, 3.8) is 0 Å². The Kier molecular flexibility index (Phi) is 5.31. The minimum atomic E-state index is 0.636. The molecule has 1 aromatic heterocycles. The topological polar surface area (TPSA) is 55.2 Å². The molecule has 0 aliphatic carbocycles. The standard InChI is InChI=1S/C18H19N3O/c1-13(14(2)19-3)7-8-17-9-10-18(21-20-17)16-6-4-5-15(11-16)12-22/h4-6,9-12H,3,7-8H2,1-2H3/b14-13+. The maximum atomic E-state index is 10.8. The molecular weight excluding hydrogens is 274 g/mol. The first-order valence-corrected chi connectivity index (χ1v) is 7.15. The molecule has 0 radical (unpaired) electrons. The van der Waals surface area contributed by atoms with Gasteiger partial charge in [0, 0.05) is 16.8 Å². The number of aryl methyl sites for hydroxylation is 1. The molecule has 0 saturated carbocycles. The van der Waals surface area contributed by atoms with E-state index in [-0.39, 0.29) is 0 Å². The van der Waals surface area contributed by atoms with Crippen LogP contribution < -0.4 is 0 Å². The fourth-order valence-corrected chi connectivity index (χ4v) is 2.05. The van der Waals surface area contributed by atoms with Crippen LogP contribution in [0.25, 0.3) is 11.3 Å². The summed E-state index contributed by atoms with van der Waals surface area (Å²) in [4.78, 5) is 14.8. The highest BCUT2D eigenvalue weighted by molar-refractivity contribution is 5.78. The zero-order valence-corrected chi connectivity index (χ0v) is 12.9. The summed E-state index contributed by atoms with van der Waals surface area (Å²) in [5.74, 6) is 0. The van der Waals surface area contributed by atoms with Gasteiger partial charge in [-0.3, -0.25) is 9.79 Å². The molecule has 1 heterocycles. The van der Waals surface area contributed by atoms with Crippen molar-refractivity contribution in [2.45, 2.75) is 26.7 Å². The number of carbonyl (C=O) groups excluding carboxylic acids is 1. The lowest BCUT2D eigenvalue weighted by molar-refractivity contribution is 0.112. The van der Waals surface area contributed by atoms with Crippen LogP contribution in [0.4, 0.5) is 0 Å². The number of benzene rings is 1. The predicted octanol–water partition coefficient (Wildman–Crippen LogP) is 3.88. The molecule has 4 nitrogen and oxygen atoms in total. The third-order valence-corrected chi connectivity index (χ3v) is 3.65. The summed E-state index contributed by atoms with van der Waals surface area (Å²) < 4.78 is 0. The molecule has 2 aromatic rings. The van der Waals surface area contributed by atoms with E-state index in [1.807, 2.05) is 37.3 Å². The van der Waals surface area contributed by atoms with Crippen molar-refractivity contribution in [2.24, 2.45) is 4.99 Å². The first kappa shape index (κ1) is 15.8. The number of nitrogens with zero attached hydrogens (tertiary/aromatic N) is 3. The van der Waals surface area contributed by atoms with Crippen LogP contribution in [0.5, 0.6) is 0 Å². The van der Waals surface area contributed by atoms with Gasteiger partial charge in [0.1, 0.15) is 6.29 Å². The van der Waals surface area contributed by atoms with Gasteiger partial charge in [-0.2, -0.15) is 10.2 Å². The Labute approximate surface area is 130 Å². The van der Waals surface area contributed by atoms with E-state index in [2.05, 4.69) is 28.8 Å². The van der Waals surface area contributed by atoms with Gasteiger partial charge in [0.05, 0.1) is 11.4 Å². The highest BCUT2D eigenvalue weighted by atomic mass is 16.1. The largest absolute Gasteiger partial charge is 0.298 e. The maximum Gasteiger partial charge on any atom is 0.150 e. The second-order valence-corrected chi connectivity index (χ2v) is 5.18. The number of allylic oxidation sites excluding steroid dienone is 2. The van der Waals surface area contributed by atoms with E-state index >= 15 is 0 Å². The number of aldehydes is 1. The number of carbonyl (C=O) groups is 1. The second-order valence-electron chi connectivity index (χ2n) is 5.18. The van der Waals surface area contributed by atoms with E-state index in [9.17, 15) is 4.79 Å². The molecule has 0 unspecified atom stereocenters.